The number of rotatable bonds is 3. The minimum Gasteiger partial charge on any atom is -0.401 e. The van der Waals surface area contributed by atoms with Gasteiger partial charge in [0.25, 0.3) is 6.43 Å². The maximum absolute atomic E-state index is 12.2. The minimum atomic E-state index is -2.46. The molecule has 1 aromatic carbocycles. The van der Waals surface area contributed by atoms with Crippen LogP contribution in [0.4, 0.5) is 14.5 Å². The van der Waals surface area contributed by atoms with E-state index in [1.807, 2.05) is 0 Å². The highest BCUT2D eigenvalue weighted by molar-refractivity contribution is 5.48. The van der Waals surface area contributed by atoms with Crippen LogP contribution in [-0.2, 0) is 0 Å². The van der Waals surface area contributed by atoms with Crippen LogP contribution < -0.4 is 16.6 Å². The van der Waals surface area contributed by atoms with Crippen molar-refractivity contribution in [1.29, 1.82) is 0 Å². The number of hydrazine groups is 1. The van der Waals surface area contributed by atoms with Gasteiger partial charge in [0.2, 0.25) is 0 Å². The van der Waals surface area contributed by atoms with Crippen molar-refractivity contribution in [1.82, 2.24) is 0 Å². The number of hydrogen-bond donors (Lipinski definition) is 2. The molecule has 0 aliphatic rings. The number of benzene rings is 1. The number of nitrogens with two attached hydrogens (primary N) is 2. The zero-order valence-corrected chi connectivity index (χ0v) is 8.32. The third-order valence-electron chi connectivity index (χ3n) is 1.79. The molecule has 0 aliphatic carbocycles. The molecule has 1 rings (SSSR count). The lowest BCUT2D eigenvalue weighted by Crippen LogP contribution is -2.25. The predicted octanol–water partition coefficient (Wildman–Crippen LogP) is 2.12. The smallest absolute Gasteiger partial charge is 0.263 e. The van der Waals surface area contributed by atoms with E-state index in [0.717, 1.165) is 0 Å². The fourth-order valence-electron chi connectivity index (χ4n) is 1.09. The Balaban J connectivity index is 2.84. The second kappa shape index (κ2) is 4.75. The molecule has 15 heavy (non-hydrogen) atoms. The van der Waals surface area contributed by atoms with E-state index in [4.69, 9.17) is 11.6 Å². The van der Waals surface area contributed by atoms with Gasteiger partial charge in [-0.15, -0.1) is 0 Å². The lowest BCUT2D eigenvalue weighted by atomic mass is 10.2. The van der Waals surface area contributed by atoms with Crippen molar-refractivity contribution in [2.45, 2.75) is 13.3 Å². The van der Waals surface area contributed by atoms with Gasteiger partial charge in [-0.3, -0.25) is 5.01 Å². The molecule has 0 fully saturated rings. The van der Waals surface area contributed by atoms with Crippen LogP contribution in [0, 0.1) is 0 Å². The Kier molecular flexibility index (Phi) is 3.62. The Hall–Kier alpha value is -1.62. The summed E-state index contributed by atoms with van der Waals surface area (Å²) in [6.45, 7) is 1.69. The van der Waals surface area contributed by atoms with Crippen molar-refractivity contribution >= 4 is 5.69 Å². The van der Waals surface area contributed by atoms with Crippen molar-refractivity contribution in [3.8, 4) is 0 Å². The first-order chi connectivity index (χ1) is 7.00. The lowest BCUT2D eigenvalue weighted by Gasteiger charge is -2.14. The molecule has 0 heterocycles. The molecular formula is C10H13F2N3. The standard InChI is InChI=1S/C10H13F2N3/c1-7(13)6-15(14)9-4-2-8(3-5-9)10(11)12/h2-6,10H,13-14H2,1H3/b7-6-. The SMILES string of the molecule is C/C(N)=C/N(N)c1ccc(C(F)F)cc1. The number of hydrogen-bond acceptors (Lipinski definition) is 3. The molecule has 0 saturated carbocycles. The molecule has 3 nitrogen and oxygen atoms in total. The molecule has 0 saturated heterocycles. The first kappa shape index (κ1) is 11.5. The molecule has 0 atom stereocenters. The van der Waals surface area contributed by atoms with Crippen molar-refractivity contribution < 1.29 is 8.78 Å². The van der Waals surface area contributed by atoms with Gasteiger partial charge >= 0.3 is 0 Å². The zero-order chi connectivity index (χ0) is 11.4. The van der Waals surface area contributed by atoms with Crippen LogP contribution in [0.5, 0.6) is 0 Å². The van der Waals surface area contributed by atoms with Gasteiger partial charge in [-0.2, -0.15) is 0 Å². The highest BCUT2D eigenvalue weighted by Crippen LogP contribution is 2.21. The van der Waals surface area contributed by atoms with E-state index < -0.39 is 6.43 Å². The second-order valence-corrected chi connectivity index (χ2v) is 3.17. The van der Waals surface area contributed by atoms with E-state index >= 15 is 0 Å². The summed E-state index contributed by atoms with van der Waals surface area (Å²) in [4.78, 5) is 0. The maximum atomic E-state index is 12.2. The molecule has 0 unspecified atom stereocenters. The van der Waals surface area contributed by atoms with E-state index in [1.165, 1.54) is 35.5 Å². The summed E-state index contributed by atoms with van der Waals surface area (Å²) < 4.78 is 24.5. The largest absolute Gasteiger partial charge is 0.401 e. The first-order valence-corrected chi connectivity index (χ1v) is 4.36. The van der Waals surface area contributed by atoms with Crippen LogP contribution in [-0.4, -0.2) is 0 Å². The maximum Gasteiger partial charge on any atom is 0.263 e. The summed E-state index contributed by atoms with van der Waals surface area (Å²) >= 11 is 0. The van der Waals surface area contributed by atoms with Crippen LogP contribution in [0.1, 0.15) is 18.9 Å². The Bertz CT molecular complexity index is 342. The van der Waals surface area contributed by atoms with Crippen LogP contribution in [0.25, 0.3) is 0 Å². The third-order valence-corrected chi connectivity index (χ3v) is 1.79. The molecule has 82 valence electrons. The number of alkyl halides is 2. The quantitative estimate of drug-likeness (QED) is 0.597. The van der Waals surface area contributed by atoms with Crippen LogP contribution in [0.2, 0.25) is 0 Å². The topological polar surface area (TPSA) is 55.3 Å². The summed E-state index contributed by atoms with van der Waals surface area (Å²) in [6, 6.07) is 5.70. The Morgan fingerprint density at radius 3 is 2.27 bits per heavy atom. The third kappa shape index (κ3) is 3.21. The molecule has 0 bridgehead atoms. The van der Waals surface area contributed by atoms with Gasteiger partial charge in [-0.25, -0.2) is 14.6 Å². The average molecular weight is 213 g/mol. The summed E-state index contributed by atoms with van der Waals surface area (Å²) in [5.74, 6) is 5.61. The summed E-state index contributed by atoms with van der Waals surface area (Å²) in [5.41, 5.74) is 6.54. The van der Waals surface area contributed by atoms with E-state index in [-0.39, 0.29) is 5.56 Å². The van der Waals surface area contributed by atoms with Crippen molar-refractivity contribution in [2.24, 2.45) is 11.6 Å². The van der Waals surface area contributed by atoms with Crippen LogP contribution >= 0.6 is 0 Å². The average Bonchev–Trinajstić information content (AvgIpc) is 2.17. The first-order valence-electron chi connectivity index (χ1n) is 4.36. The van der Waals surface area contributed by atoms with Crippen molar-refractivity contribution in [3.63, 3.8) is 0 Å². The molecule has 0 aromatic heterocycles. The zero-order valence-electron chi connectivity index (χ0n) is 8.32. The monoisotopic (exact) mass is 213 g/mol. The van der Waals surface area contributed by atoms with Gasteiger partial charge in [0.1, 0.15) is 0 Å². The molecule has 0 aliphatic heterocycles. The molecule has 0 amide bonds. The summed E-state index contributed by atoms with van der Waals surface area (Å²) in [5, 5.41) is 1.28. The van der Waals surface area contributed by atoms with Gasteiger partial charge in [0.05, 0.1) is 5.69 Å². The molecule has 1 aromatic rings. The fraction of sp³-hybridized carbons (Fsp3) is 0.200. The Morgan fingerprint density at radius 1 is 1.33 bits per heavy atom. The van der Waals surface area contributed by atoms with Gasteiger partial charge in [-0.05, 0) is 19.1 Å². The van der Waals surface area contributed by atoms with Crippen molar-refractivity contribution in [2.75, 3.05) is 5.01 Å². The highest BCUT2D eigenvalue weighted by Gasteiger charge is 2.06. The van der Waals surface area contributed by atoms with E-state index in [1.54, 1.807) is 6.92 Å². The van der Waals surface area contributed by atoms with E-state index in [0.29, 0.717) is 11.4 Å². The molecular weight excluding hydrogens is 200 g/mol. The molecule has 5 heteroatoms. The molecule has 4 N–H and O–H groups in total. The fourth-order valence-corrected chi connectivity index (χ4v) is 1.09. The van der Waals surface area contributed by atoms with Crippen LogP contribution in [0.3, 0.4) is 0 Å². The van der Waals surface area contributed by atoms with Crippen molar-refractivity contribution in [3.05, 3.63) is 41.7 Å². The normalized spacial score (nSPS) is 11.9. The lowest BCUT2D eigenvalue weighted by molar-refractivity contribution is 0.151. The Labute approximate surface area is 86.9 Å². The highest BCUT2D eigenvalue weighted by atomic mass is 19.3. The minimum absolute atomic E-state index is 0.0272. The number of anilines is 1. The predicted molar refractivity (Wildman–Crippen MR) is 56.0 cm³/mol. The van der Waals surface area contributed by atoms with E-state index in [9.17, 15) is 8.78 Å². The van der Waals surface area contributed by atoms with Gasteiger partial charge in [0, 0.05) is 17.5 Å². The number of nitrogens with zero attached hydrogens (tertiary/aromatic N) is 1. The van der Waals surface area contributed by atoms with Gasteiger partial charge in [0.15, 0.2) is 0 Å². The van der Waals surface area contributed by atoms with Crippen LogP contribution in [0.15, 0.2) is 36.2 Å². The molecule has 0 radical (unpaired) electrons. The van der Waals surface area contributed by atoms with Gasteiger partial charge < -0.3 is 5.73 Å². The Morgan fingerprint density at radius 2 is 1.87 bits per heavy atom. The molecule has 0 spiro atoms. The summed E-state index contributed by atoms with van der Waals surface area (Å²) in [6.07, 6.45) is -0.950. The van der Waals surface area contributed by atoms with Gasteiger partial charge in [-0.1, -0.05) is 12.1 Å². The number of allylic oxidation sites excluding steroid dienone is 1. The second-order valence-electron chi connectivity index (χ2n) is 3.17. The number of halogens is 2. The summed E-state index contributed by atoms with van der Waals surface area (Å²) in [7, 11) is 0. The van der Waals surface area contributed by atoms with E-state index in [2.05, 4.69) is 0 Å².